The van der Waals surface area contributed by atoms with Crippen LogP contribution in [0.5, 0.6) is 0 Å². The Morgan fingerprint density at radius 1 is 1.40 bits per heavy atom. The molecule has 7 nitrogen and oxygen atoms in total. The maximum absolute atomic E-state index is 12.1. The average molecular weight is 297 g/mol. The van der Waals surface area contributed by atoms with E-state index in [-0.39, 0.29) is 16.3 Å². The monoisotopic (exact) mass is 297 g/mol. The molecule has 110 valence electrons. The molecule has 0 aliphatic heterocycles. The van der Waals surface area contributed by atoms with Crippen molar-refractivity contribution in [3.8, 4) is 0 Å². The molecule has 2 aromatic heterocycles. The van der Waals surface area contributed by atoms with Crippen LogP contribution in [-0.4, -0.2) is 28.2 Å². The second-order valence-electron chi connectivity index (χ2n) is 5.56. The van der Waals surface area contributed by atoms with Crippen molar-refractivity contribution in [1.29, 1.82) is 0 Å². The number of aromatic nitrogens is 4. The van der Waals surface area contributed by atoms with Gasteiger partial charge in [0, 0.05) is 29.9 Å². The lowest BCUT2D eigenvalue weighted by Gasteiger charge is -2.14. The number of anilines is 1. The number of hydrogen-bond acceptors (Lipinski definition) is 4. The molecule has 2 heterocycles. The molecule has 0 aromatic carbocycles. The van der Waals surface area contributed by atoms with Crippen LogP contribution in [0.2, 0.25) is 0 Å². The summed E-state index contributed by atoms with van der Waals surface area (Å²) in [5.74, 6) is 0.265. The van der Waals surface area contributed by atoms with Crippen LogP contribution in [0.25, 0.3) is 0 Å². The van der Waals surface area contributed by atoms with Gasteiger partial charge in [0.05, 0.1) is 6.33 Å². The maximum atomic E-state index is 12.1. The highest BCUT2D eigenvalue weighted by Gasteiger charge is 2.21. The first kappa shape index (κ1) is 14.6. The number of sulfonamides is 1. The highest BCUT2D eigenvalue weighted by atomic mass is 32.2. The van der Waals surface area contributed by atoms with E-state index >= 15 is 0 Å². The Morgan fingerprint density at radius 3 is 2.60 bits per heavy atom. The Balaban J connectivity index is 2.22. The molecule has 20 heavy (non-hydrogen) atoms. The van der Waals surface area contributed by atoms with Crippen LogP contribution in [0, 0.1) is 0 Å². The summed E-state index contributed by atoms with van der Waals surface area (Å²) in [5, 5.41) is 6.79. The predicted molar refractivity (Wildman–Crippen MR) is 76.0 cm³/mol. The molecule has 0 saturated heterocycles. The minimum absolute atomic E-state index is 0.0142. The van der Waals surface area contributed by atoms with E-state index in [4.69, 9.17) is 0 Å². The van der Waals surface area contributed by atoms with Crippen LogP contribution < -0.4 is 4.72 Å². The average Bonchev–Trinajstić information content (AvgIpc) is 2.95. The van der Waals surface area contributed by atoms with Gasteiger partial charge < -0.3 is 4.57 Å². The van der Waals surface area contributed by atoms with E-state index in [1.807, 2.05) is 27.7 Å². The van der Waals surface area contributed by atoms with Crippen molar-refractivity contribution in [3.63, 3.8) is 0 Å². The lowest BCUT2D eigenvalue weighted by Crippen LogP contribution is -2.14. The number of nitrogens with zero attached hydrogens (tertiary/aromatic N) is 3. The molecule has 0 aliphatic carbocycles. The minimum Gasteiger partial charge on any atom is -0.336 e. The standard InChI is InChI=1S/C12H19N5O2S/c1-5-17-7-11(13-8-17)20(18,19)16-10-6-9(14-15-10)12(2,3)4/h6-8H,5H2,1-4H3,(H2,14,15,16). The third-order valence-electron chi connectivity index (χ3n) is 2.87. The molecule has 0 aliphatic rings. The van der Waals surface area contributed by atoms with Gasteiger partial charge in [-0.25, -0.2) is 4.98 Å². The van der Waals surface area contributed by atoms with E-state index < -0.39 is 10.0 Å². The number of hydrogen-bond donors (Lipinski definition) is 2. The molecular formula is C12H19N5O2S. The second kappa shape index (κ2) is 4.93. The maximum Gasteiger partial charge on any atom is 0.282 e. The zero-order valence-electron chi connectivity index (χ0n) is 12.0. The summed E-state index contributed by atoms with van der Waals surface area (Å²) in [6.45, 7) is 8.62. The number of aromatic amines is 1. The fourth-order valence-corrected chi connectivity index (χ4v) is 2.54. The Bertz CT molecular complexity index is 694. The van der Waals surface area contributed by atoms with Gasteiger partial charge in [0.2, 0.25) is 0 Å². The van der Waals surface area contributed by atoms with E-state index in [9.17, 15) is 8.42 Å². The van der Waals surface area contributed by atoms with Gasteiger partial charge >= 0.3 is 0 Å². The van der Waals surface area contributed by atoms with Crippen molar-refractivity contribution >= 4 is 15.8 Å². The van der Waals surface area contributed by atoms with Gasteiger partial charge in [-0.1, -0.05) is 20.8 Å². The highest BCUT2D eigenvalue weighted by Crippen LogP contribution is 2.23. The lowest BCUT2D eigenvalue weighted by atomic mass is 9.92. The summed E-state index contributed by atoms with van der Waals surface area (Å²) in [6, 6.07) is 1.69. The van der Waals surface area contributed by atoms with Crippen LogP contribution in [0.1, 0.15) is 33.4 Å². The quantitative estimate of drug-likeness (QED) is 0.898. The van der Waals surface area contributed by atoms with Crippen molar-refractivity contribution in [1.82, 2.24) is 19.7 Å². The van der Waals surface area contributed by atoms with E-state index in [0.29, 0.717) is 6.54 Å². The first-order chi connectivity index (χ1) is 9.22. The number of rotatable bonds is 4. The zero-order valence-corrected chi connectivity index (χ0v) is 12.8. The fourth-order valence-electron chi connectivity index (χ4n) is 1.60. The number of H-pyrrole nitrogens is 1. The Hall–Kier alpha value is -1.83. The molecule has 2 aromatic rings. The van der Waals surface area contributed by atoms with Gasteiger partial charge in [-0.2, -0.15) is 13.5 Å². The van der Waals surface area contributed by atoms with Crippen LogP contribution in [0.3, 0.4) is 0 Å². The first-order valence-electron chi connectivity index (χ1n) is 6.33. The van der Waals surface area contributed by atoms with Crippen molar-refractivity contribution in [3.05, 3.63) is 24.3 Å². The summed E-state index contributed by atoms with van der Waals surface area (Å²) in [7, 11) is -3.70. The third kappa shape index (κ3) is 3.01. The van der Waals surface area contributed by atoms with Gasteiger partial charge in [-0.3, -0.25) is 9.82 Å². The summed E-state index contributed by atoms with van der Waals surface area (Å²) in [5.41, 5.74) is 0.731. The summed E-state index contributed by atoms with van der Waals surface area (Å²) < 4.78 is 28.4. The van der Waals surface area contributed by atoms with Gasteiger partial charge in [0.1, 0.15) is 0 Å². The molecule has 8 heteroatoms. The van der Waals surface area contributed by atoms with Gasteiger partial charge in [-0.15, -0.1) is 0 Å². The van der Waals surface area contributed by atoms with Gasteiger partial charge in [-0.05, 0) is 6.92 Å². The fraction of sp³-hybridized carbons (Fsp3) is 0.500. The van der Waals surface area contributed by atoms with Gasteiger partial charge in [0.15, 0.2) is 10.8 Å². The second-order valence-corrected chi connectivity index (χ2v) is 7.19. The number of imidazole rings is 1. The van der Waals surface area contributed by atoms with E-state index in [0.717, 1.165) is 5.69 Å². The molecule has 0 radical (unpaired) electrons. The number of aryl methyl sites for hydroxylation is 1. The van der Waals surface area contributed by atoms with Crippen LogP contribution in [0.4, 0.5) is 5.82 Å². The molecule has 0 fully saturated rings. The molecule has 0 bridgehead atoms. The van der Waals surface area contributed by atoms with Gasteiger partial charge in [0.25, 0.3) is 10.0 Å². The minimum atomic E-state index is -3.70. The largest absolute Gasteiger partial charge is 0.336 e. The summed E-state index contributed by atoms with van der Waals surface area (Å²) >= 11 is 0. The SMILES string of the molecule is CCn1cnc(S(=O)(=O)Nc2cc(C(C)(C)C)[nH]n2)c1. The molecule has 2 N–H and O–H groups in total. The molecule has 0 saturated carbocycles. The predicted octanol–water partition coefficient (Wildman–Crippen LogP) is 1.72. The molecule has 0 atom stereocenters. The smallest absolute Gasteiger partial charge is 0.282 e. The van der Waals surface area contributed by atoms with Crippen molar-refractivity contribution < 1.29 is 8.42 Å². The van der Waals surface area contributed by atoms with Crippen molar-refractivity contribution in [2.75, 3.05) is 4.72 Å². The number of nitrogens with one attached hydrogen (secondary N) is 2. The van der Waals surface area contributed by atoms with E-state index in [1.165, 1.54) is 12.5 Å². The first-order valence-corrected chi connectivity index (χ1v) is 7.81. The van der Waals surface area contributed by atoms with E-state index in [1.54, 1.807) is 10.6 Å². The Kier molecular flexibility index (Phi) is 3.59. The summed E-state index contributed by atoms with van der Waals surface area (Å²) in [6.07, 6.45) is 2.97. The Labute approximate surface area is 118 Å². The molecule has 2 rings (SSSR count). The van der Waals surface area contributed by atoms with E-state index in [2.05, 4.69) is 19.9 Å². The third-order valence-corrected chi connectivity index (χ3v) is 4.11. The molecular weight excluding hydrogens is 278 g/mol. The van der Waals surface area contributed by atoms with Crippen molar-refractivity contribution in [2.45, 2.75) is 44.7 Å². The molecule has 0 unspecified atom stereocenters. The molecule has 0 amide bonds. The Morgan fingerprint density at radius 2 is 2.10 bits per heavy atom. The van der Waals surface area contributed by atoms with Crippen LogP contribution in [0.15, 0.2) is 23.6 Å². The van der Waals surface area contributed by atoms with Crippen LogP contribution in [-0.2, 0) is 22.0 Å². The summed E-state index contributed by atoms with van der Waals surface area (Å²) in [4.78, 5) is 3.88. The highest BCUT2D eigenvalue weighted by molar-refractivity contribution is 7.92. The zero-order chi connectivity index (χ0) is 15.0. The normalized spacial score (nSPS) is 12.6. The van der Waals surface area contributed by atoms with Crippen LogP contribution >= 0.6 is 0 Å². The lowest BCUT2D eigenvalue weighted by molar-refractivity contribution is 0.567. The molecule has 0 spiro atoms. The topological polar surface area (TPSA) is 92.7 Å². The van der Waals surface area contributed by atoms with Crippen molar-refractivity contribution in [2.24, 2.45) is 0 Å².